The molecule has 2 N–H and O–H groups in total. The quantitative estimate of drug-likeness (QED) is 0.805. The maximum atomic E-state index is 12.0. The lowest BCUT2D eigenvalue weighted by atomic mass is 10.1. The van der Waals surface area contributed by atoms with Crippen molar-refractivity contribution < 1.29 is 13.6 Å². The molecule has 0 bridgehead atoms. The SMILES string of the molecule is C=C(c1ccc(CN)cc1)P(=O)(OC)OC. The fraction of sp³-hybridized carbons (Fsp3) is 0.273. The van der Waals surface area contributed by atoms with E-state index < -0.39 is 7.60 Å². The number of benzene rings is 1. The monoisotopic (exact) mass is 241 g/mol. The third kappa shape index (κ3) is 2.60. The summed E-state index contributed by atoms with van der Waals surface area (Å²) in [5, 5.41) is 0.348. The van der Waals surface area contributed by atoms with E-state index in [-0.39, 0.29) is 0 Å². The van der Waals surface area contributed by atoms with Crippen molar-refractivity contribution >= 4 is 12.9 Å². The van der Waals surface area contributed by atoms with E-state index >= 15 is 0 Å². The summed E-state index contributed by atoms with van der Waals surface area (Å²) in [7, 11) is -0.569. The lowest BCUT2D eigenvalue weighted by Crippen LogP contribution is -1.96. The minimum absolute atomic E-state index is 0.348. The second-order valence-electron chi connectivity index (χ2n) is 3.21. The molecule has 0 saturated heterocycles. The Morgan fingerprint density at radius 1 is 1.31 bits per heavy atom. The molecule has 1 rings (SSSR count). The molecule has 0 unspecified atom stereocenters. The normalized spacial score (nSPS) is 11.4. The fourth-order valence-electron chi connectivity index (χ4n) is 1.29. The highest BCUT2D eigenvalue weighted by atomic mass is 31.2. The van der Waals surface area contributed by atoms with Gasteiger partial charge in [-0.15, -0.1) is 0 Å². The molecule has 0 amide bonds. The highest BCUT2D eigenvalue weighted by Gasteiger charge is 2.26. The van der Waals surface area contributed by atoms with Crippen molar-refractivity contribution in [3.05, 3.63) is 42.0 Å². The van der Waals surface area contributed by atoms with Crippen LogP contribution in [0.15, 0.2) is 30.8 Å². The predicted molar refractivity (Wildman–Crippen MR) is 65.0 cm³/mol. The number of hydrogen-bond donors (Lipinski definition) is 1. The summed E-state index contributed by atoms with van der Waals surface area (Å²) in [4.78, 5) is 0. The van der Waals surface area contributed by atoms with Crippen LogP contribution in [-0.2, 0) is 20.2 Å². The lowest BCUT2D eigenvalue weighted by Gasteiger charge is -2.16. The van der Waals surface area contributed by atoms with Crippen LogP contribution in [0.25, 0.3) is 5.31 Å². The fourth-order valence-corrected chi connectivity index (χ4v) is 2.34. The topological polar surface area (TPSA) is 61.6 Å². The van der Waals surface area contributed by atoms with Gasteiger partial charge in [-0.25, -0.2) is 0 Å². The maximum absolute atomic E-state index is 12.0. The van der Waals surface area contributed by atoms with E-state index in [1.165, 1.54) is 14.2 Å². The molecule has 0 radical (unpaired) electrons. The molecule has 16 heavy (non-hydrogen) atoms. The van der Waals surface area contributed by atoms with Gasteiger partial charge in [0.15, 0.2) is 0 Å². The summed E-state index contributed by atoms with van der Waals surface area (Å²) in [6.45, 7) is 4.22. The minimum Gasteiger partial charge on any atom is -0.326 e. The van der Waals surface area contributed by atoms with Gasteiger partial charge in [-0.3, -0.25) is 4.57 Å². The van der Waals surface area contributed by atoms with Gasteiger partial charge in [0.1, 0.15) is 0 Å². The van der Waals surface area contributed by atoms with E-state index in [0.29, 0.717) is 11.9 Å². The summed E-state index contributed by atoms with van der Waals surface area (Å²) in [5.74, 6) is 0. The molecule has 88 valence electrons. The molecule has 0 fully saturated rings. The van der Waals surface area contributed by atoms with Gasteiger partial charge in [-0.05, 0) is 11.1 Å². The second kappa shape index (κ2) is 5.41. The largest absolute Gasteiger partial charge is 0.360 e. The Kier molecular flexibility index (Phi) is 4.44. The molecule has 1 aromatic rings. The molecule has 1 aromatic carbocycles. The van der Waals surface area contributed by atoms with E-state index in [0.717, 1.165) is 11.1 Å². The van der Waals surface area contributed by atoms with Gasteiger partial charge in [-0.1, -0.05) is 30.8 Å². The van der Waals surface area contributed by atoms with Gasteiger partial charge < -0.3 is 14.8 Å². The molecule has 0 aliphatic carbocycles. The van der Waals surface area contributed by atoms with E-state index in [4.69, 9.17) is 14.8 Å². The first-order valence-corrected chi connectivity index (χ1v) is 6.32. The van der Waals surface area contributed by atoms with Gasteiger partial charge in [-0.2, -0.15) is 0 Å². The average molecular weight is 241 g/mol. The van der Waals surface area contributed by atoms with Crippen LogP contribution in [0.3, 0.4) is 0 Å². The molecule has 4 nitrogen and oxygen atoms in total. The van der Waals surface area contributed by atoms with Crippen molar-refractivity contribution in [2.24, 2.45) is 5.73 Å². The number of nitrogens with two attached hydrogens (primary N) is 1. The Labute approximate surface area is 95.6 Å². The molecular formula is C11H16NO3P. The van der Waals surface area contributed by atoms with Crippen LogP contribution in [0.5, 0.6) is 0 Å². The first kappa shape index (κ1) is 13.1. The van der Waals surface area contributed by atoms with Crippen LogP contribution in [0.4, 0.5) is 0 Å². The zero-order valence-electron chi connectivity index (χ0n) is 9.47. The third-order valence-corrected chi connectivity index (χ3v) is 4.21. The minimum atomic E-state index is -3.24. The maximum Gasteiger partial charge on any atom is 0.360 e. The average Bonchev–Trinajstić information content (AvgIpc) is 2.37. The van der Waals surface area contributed by atoms with Crippen molar-refractivity contribution in [2.45, 2.75) is 6.54 Å². The number of hydrogen-bond acceptors (Lipinski definition) is 4. The summed E-state index contributed by atoms with van der Waals surface area (Å²) in [6, 6.07) is 7.32. The smallest absolute Gasteiger partial charge is 0.326 e. The van der Waals surface area contributed by atoms with E-state index in [2.05, 4.69) is 6.58 Å². The highest BCUT2D eigenvalue weighted by Crippen LogP contribution is 2.58. The first-order valence-electron chi connectivity index (χ1n) is 4.77. The van der Waals surface area contributed by atoms with Crippen molar-refractivity contribution in [1.82, 2.24) is 0 Å². The molecule has 0 atom stereocenters. The molecular weight excluding hydrogens is 225 g/mol. The Morgan fingerprint density at radius 2 is 1.81 bits per heavy atom. The summed E-state index contributed by atoms with van der Waals surface area (Å²) >= 11 is 0. The van der Waals surface area contributed by atoms with Gasteiger partial charge in [0.05, 0.1) is 5.31 Å². The van der Waals surface area contributed by atoms with Crippen LogP contribution < -0.4 is 5.73 Å². The second-order valence-corrected chi connectivity index (χ2v) is 5.48. The van der Waals surface area contributed by atoms with E-state index in [9.17, 15) is 4.57 Å². The summed E-state index contributed by atoms with van der Waals surface area (Å²) in [6.07, 6.45) is 0. The molecule has 0 aliphatic heterocycles. The van der Waals surface area contributed by atoms with E-state index in [1.54, 1.807) is 12.1 Å². The lowest BCUT2D eigenvalue weighted by molar-refractivity contribution is 0.288. The number of rotatable bonds is 5. The van der Waals surface area contributed by atoms with Crippen molar-refractivity contribution in [1.29, 1.82) is 0 Å². The van der Waals surface area contributed by atoms with Gasteiger partial charge in [0.2, 0.25) is 0 Å². The van der Waals surface area contributed by atoms with Crippen LogP contribution in [-0.4, -0.2) is 14.2 Å². The molecule has 0 aromatic heterocycles. The highest BCUT2D eigenvalue weighted by molar-refractivity contribution is 7.65. The van der Waals surface area contributed by atoms with Gasteiger partial charge in [0, 0.05) is 20.8 Å². The molecule has 0 saturated carbocycles. The van der Waals surface area contributed by atoms with Crippen LogP contribution >= 0.6 is 7.60 Å². The Balaban J connectivity index is 3.00. The van der Waals surface area contributed by atoms with Crippen molar-refractivity contribution in [2.75, 3.05) is 14.2 Å². The Hall–Kier alpha value is -0.930. The van der Waals surface area contributed by atoms with Crippen molar-refractivity contribution in [3.63, 3.8) is 0 Å². The third-order valence-electron chi connectivity index (χ3n) is 2.33. The Morgan fingerprint density at radius 3 is 2.19 bits per heavy atom. The molecule has 0 spiro atoms. The summed E-state index contributed by atoms with van der Waals surface area (Å²) < 4.78 is 21.8. The Bertz CT molecular complexity index is 406. The van der Waals surface area contributed by atoms with Crippen LogP contribution in [0.1, 0.15) is 11.1 Å². The zero-order chi connectivity index (χ0) is 12.2. The van der Waals surface area contributed by atoms with Gasteiger partial charge in [0.25, 0.3) is 0 Å². The van der Waals surface area contributed by atoms with Crippen molar-refractivity contribution in [3.8, 4) is 0 Å². The van der Waals surface area contributed by atoms with E-state index in [1.807, 2.05) is 12.1 Å². The molecule has 0 heterocycles. The molecule has 0 aliphatic rings. The first-order chi connectivity index (χ1) is 7.57. The zero-order valence-corrected chi connectivity index (χ0v) is 10.4. The van der Waals surface area contributed by atoms with Gasteiger partial charge >= 0.3 is 7.60 Å². The van der Waals surface area contributed by atoms with Crippen LogP contribution in [0.2, 0.25) is 0 Å². The van der Waals surface area contributed by atoms with Crippen LogP contribution in [0, 0.1) is 0 Å². The predicted octanol–water partition coefficient (Wildman–Crippen LogP) is 2.60. The summed E-state index contributed by atoms with van der Waals surface area (Å²) in [5.41, 5.74) is 7.21. The molecule has 5 heteroatoms. The standard InChI is InChI=1S/C11H16NO3P/c1-9(16(13,14-2)15-3)11-6-4-10(8-12)5-7-11/h4-7H,1,8,12H2,2-3H3.